The number of carbonyl (C=O) groups is 1. The van der Waals surface area contributed by atoms with Gasteiger partial charge in [-0.05, 0) is 42.0 Å². The standard InChI is InChI=1S/C15H11ClN2O2S/c16-11-4-1-3-10(7-11)9-18-14(19)13(17-15(18)21)8-12-5-2-6-20-12/h1-8H,9H2,(H,17,21)/b13-8-. The third-order valence-electron chi connectivity index (χ3n) is 3.02. The number of benzene rings is 1. The van der Waals surface area contributed by atoms with E-state index in [0.717, 1.165) is 5.56 Å². The highest BCUT2D eigenvalue weighted by molar-refractivity contribution is 7.80. The lowest BCUT2D eigenvalue weighted by molar-refractivity contribution is -0.122. The average molecular weight is 319 g/mol. The molecule has 2 heterocycles. The highest BCUT2D eigenvalue weighted by Gasteiger charge is 2.30. The molecule has 0 radical (unpaired) electrons. The molecule has 1 saturated heterocycles. The van der Waals surface area contributed by atoms with E-state index in [2.05, 4.69) is 5.32 Å². The summed E-state index contributed by atoms with van der Waals surface area (Å²) in [7, 11) is 0. The van der Waals surface area contributed by atoms with Gasteiger partial charge in [0.15, 0.2) is 5.11 Å². The molecule has 1 aromatic heterocycles. The summed E-state index contributed by atoms with van der Waals surface area (Å²) in [5, 5.41) is 3.90. The van der Waals surface area contributed by atoms with Crippen molar-refractivity contribution in [1.82, 2.24) is 10.2 Å². The summed E-state index contributed by atoms with van der Waals surface area (Å²) in [5.41, 5.74) is 1.32. The molecule has 106 valence electrons. The molecule has 0 saturated carbocycles. The Labute approximate surface area is 132 Å². The van der Waals surface area contributed by atoms with E-state index in [1.165, 1.54) is 4.90 Å². The number of halogens is 1. The minimum atomic E-state index is -0.184. The zero-order valence-electron chi connectivity index (χ0n) is 10.9. The maximum atomic E-state index is 12.4. The number of amides is 1. The molecule has 1 aliphatic rings. The second kappa shape index (κ2) is 5.71. The second-order valence-corrected chi connectivity index (χ2v) is 5.35. The van der Waals surface area contributed by atoms with Crippen LogP contribution in [0.2, 0.25) is 5.02 Å². The lowest BCUT2D eigenvalue weighted by Gasteiger charge is -2.14. The number of hydrogen-bond acceptors (Lipinski definition) is 3. The Morgan fingerprint density at radius 3 is 2.90 bits per heavy atom. The molecule has 3 rings (SSSR count). The molecule has 1 fully saturated rings. The van der Waals surface area contributed by atoms with Crippen LogP contribution in [-0.4, -0.2) is 15.9 Å². The zero-order valence-corrected chi connectivity index (χ0v) is 12.4. The molecule has 0 bridgehead atoms. The summed E-state index contributed by atoms with van der Waals surface area (Å²) in [6.45, 7) is 0.376. The molecule has 1 aromatic carbocycles. The number of rotatable bonds is 3. The Morgan fingerprint density at radius 2 is 2.19 bits per heavy atom. The van der Waals surface area contributed by atoms with Gasteiger partial charge in [-0.3, -0.25) is 9.69 Å². The van der Waals surface area contributed by atoms with Gasteiger partial charge in [0.2, 0.25) is 0 Å². The second-order valence-electron chi connectivity index (χ2n) is 4.52. The third kappa shape index (κ3) is 2.99. The fraction of sp³-hybridized carbons (Fsp3) is 0.0667. The molecule has 21 heavy (non-hydrogen) atoms. The Morgan fingerprint density at radius 1 is 1.33 bits per heavy atom. The third-order valence-corrected chi connectivity index (χ3v) is 3.58. The Balaban J connectivity index is 1.81. The topological polar surface area (TPSA) is 45.5 Å². The molecule has 1 amide bonds. The van der Waals surface area contributed by atoms with Crippen LogP contribution >= 0.6 is 23.8 Å². The number of thiocarbonyl (C=S) groups is 1. The van der Waals surface area contributed by atoms with E-state index in [0.29, 0.717) is 28.1 Å². The van der Waals surface area contributed by atoms with E-state index in [-0.39, 0.29) is 5.91 Å². The Hall–Kier alpha value is -2.11. The van der Waals surface area contributed by atoms with Gasteiger partial charge < -0.3 is 9.73 Å². The zero-order chi connectivity index (χ0) is 14.8. The predicted octanol–water partition coefficient (Wildman–Crippen LogP) is 3.19. The molecule has 0 aliphatic carbocycles. The van der Waals surface area contributed by atoms with Crippen molar-refractivity contribution >= 4 is 40.9 Å². The monoisotopic (exact) mass is 318 g/mol. The van der Waals surface area contributed by atoms with Crippen LogP contribution in [0.4, 0.5) is 0 Å². The van der Waals surface area contributed by atoms with Crippen molar-refractivity contribution in [3.63, 3.8) is 0 Å². The van der Waals surface area contributed by atoms with Gasteiger partial charge in [-0.15, -0.1) is 0 Å². The molecule has 2 aromatic rings. The highest BCUT2D eigenvalue weighted by atomic mass is 35.5. The molecular formula is C15H11ClN2O2S. The first-order chi connectivity index (χ1) is 10.1. The van der Waals surface area contributed by atoms with E-state index in [9.17, 15) is 4.79 Å². The molecule has 0 spiro atoms. The first-order valence-electron chi connectivity index (χ1n) is 6.26. The fourth-order valence-electron chi connectivity index (χ4n) is 2.05. The number of hydrogen-bond donors (Lipinski definition) is 1. The number of carbonyl (C=O) groups excluding carboxylic acids is 1. The molecule has 1 aliphatic heterocycles. The summed E-state index contributed by atoms with van der Waals surface area (Å²) < 4.78 is 5.20. The summed E-state index contributed by atoms with van der Waals surface area (Å²) in [5.74, 6) is 0.412. The lowest BCUT2D eigenvalue weighted by Crippen LogP contribution is -2.29. The van der Waals surface area contributed by atoms with Crippen molar-refractivity contribution < 1.29 is 9.21 Å². The van der Waals surface area contributed by atoms with Gasteiger partial charge in [-0.25, -0.2) is 0 Å². The maximum Gasteiger partial charge on any atom is 0.276 e. The SMILES string of the molecule is O=C1/C(=C/c2ccco2)NC(=S)N1Cc1cccc(Cl)c1. The number of nitrogens with zero attached hydrogens (tertiary/aromatic N) is 1. The van der Waals surface area contributed by atoms with E-state index < -0.39 is 0 Å². The molecule has 6 heteroatoms. The first kappa shape index (κ1) is 13.9. The summed E-state index contributed by atoms with van der Waals surface area (Å²) in [4.78, 5) is 13.9. The van der Waals surface area contributed by atoms with Gasteiger partial charge in [0.1, 0.15) is 11.5 Å². The first-order valence-corrected chi connectivity index (χ1v) is 7.04. The summed E-state index contributed by atoms with van der Waals surface area (Å²) in [6.07, 6.45) is 3.18. The molecule has 0 unspecified atom stereocenters. The van der Waals surface area contributed by atoms with Gasteiger partial charge in [0.25, 0.3) is 5.91 Å². The van der Waals surface area contributed by atoms with Gasteiger partial charge in [0, 0.05) is 11.1 Å². The van der Waals surface area contributed by atoms with E-state index >= 15 is 0 Å². The van der Waals surface area contributed by atoms with Crippen LogP contribution in [-0.2, 0) is 11.3 Å². The van der Waals surface area contributed by atoms with Crippen LogP contribution in [0, 0.1) is 0 Å². The normalized spacial score (nSPS) is 16.6. The predicted molar refractivity (Wildman–Crippen MR) is 84.4 cm³/mol. The van der Waals surface area contributed by atoms with Crippen molar-refractivity contribution in [1.29, 1.82) is 0 Å². The highest BCUT2D eigenvalue weighted by Crippen LogP contribution is 2.19. The summed E-state index contributed by atoms with van der Waals surface area (Å²) in [6, 6.07) is 10.9. The largest absolute Gasteiger partial charge is 0.465 e. The van der Waals surface area contributed by atoms with Crippen LogP contribution in [0.25, 0.3) is 6.08 Å². The molecule has 1 N–H and O–H groups in total. The number of nitrogens with one attached hydrogen (secondary N) is 1. The summed E-state index contributed by atoms with van der Waals surface area (Å²) >= 11 is 11.2. The quantitative estimate of drug-likeness (QED) is 0.697. The van der Waals surface area contributed by atoms with E-state index in [1.54, 1.807) is 30.5 Å². The smallest absolute Gasteiger partial charge is 0.276 e. The number of furan rings is 1. The van der Waals surface area contributed by atoms with Gasteiger partial charge >= 0.3 is 0 Å². The van der Waals surface area contributed by atoms with Gasteiger partial charge in [0.05, 0.1) is 12.8 Å². The Kier molecular flexibility index (Phi) is 3.77. The van der Waals surface area contributed by atoms with Crippen molar-refractivity contribution in [2.24, 2.45) is 0 Å². The molecule has 0 atom stereocenters. The van der Waals surface area contributed by atoms with Crippen molar-refractivity contribution in [3.8, 4) is 0 Å². The fourth-order valence-corrected chi connectivity index (χ4v) is 2.52. The van der Waals surface area contributed by atoms with Gasteiger partial charge in [-0.2, -0.15) is 0 Å². The molecule has 4 nitrogen and oxygen atoms in total. The van der Waals surface area contributed by atoms with Crippen molar-refractivity contribution in [3.05, 3.63) is 64.7 Å². The van der Waals surface area contributed by atoms with Crippen LogP contribution in [0.5, 0.6) is 0 Å². The van der Waals surface area contributed by atoms with Crippen LogP contribution in [0.3, 0.4) is 0 Å². The van der Waals surface area contributed by atoms with Crippen LogP contribution in [0.1, 0.15) is 11.3 Å². The molecular weight excluding hydrogens is 308 g/mol. The van der Waals surface area contributed by atoms with Crippen molar-refractivity contribution in [2.75, 3.05) is 0 Å². The lowest BCUT2D eigenvalue weighted by atomic mass is 10.2. The van der Waals surface area contributed by atoms with Crippen LogP contribution < -0.4 is 5.32 Å². The maximum absolute atomic E-state index is 12.4. The van der Waals surface area contributed by atoms with E-state index in [4.69, 9.17) is 28.2 Å². The minimum absolute atomic E-state index is 0.184. The minimum Gasteiger partial charge on any atom is -0.465 e. The average Bonchev–Trinajstić information content (AvgIpc) is 3.04. The van der Waals surface area contributed by atoms with Crippen molar-refractivity contribution in [2.45, 2.75) is 6.54 Å². The van der Waals surface area contributed by atoms with E-state index in [1.807, 2.05) is 18.2 Å². The Bertz CT molecular complexity index is 725. The van der Waals surface area contributed by atoms with Crippen LogP contribution in [0.15, 0.2) is 52.8 Å². The van der Waals surface area contributed by atoms with Gasteiger partial charge in [-0.1, -0.05) is 23.7 Å².